The van der Waals surface area contributed by atoms with Gasteiger partial charge >= 0.3 is 0 Å². The van der Waals surface area contributed by atoms with Crippen LogP contribution in [0.2, 0.25) is 0 Å². The summed E-state index contributed by atoms with van der Waals surface area (Å²) in [5.41, 5.74) is 4.87. The van der Waals surface area contributed by atoms with Crippen molar-refractivity contribution in [2.45, 2.75) is 6.92 Å². The molecule has 0 bridgehead atoms. The fourth-order valence-electron chi connectivity index (χ4n) is 1.79. The molecule has 0 aromatic carbocycles. The molecule has 5 nitrogen and oxygen atoms in total. The number of thiophene rings is 2. The second-order valence-electron chi connectivity index (χ2n) is 4.30. The maximum absolute atomic E-state index is 12.2. The molecule has 3 heterocycles. The highest BCUT2D eigenvalue weighted by atomic mass is 32.1. The zero-order valence-electron chi connectivity index (χ0n) is 11.2. The molecule has 0 fully saturated rings. The summed E-state index contributed by atoms with van der Waals surface area (Å²) < 4.78 is 0. The maximum atomic E-state index is 12.2. The average molecular weight is 316 g/mol. The highest BCUT2D eigenvalue weighted by molar-refractivity contribution is 7.13. The first-order chi connectivity index (χ1) is 10.3. The lowest BCUT2D eigenvalue weighted by Gasteiger charge is -1.99. The molecule has 3 aromatic heterocycles. The number of amides is 1. The number of carbonyl (C=O) groups excluding carboxylic acids is 1. The zero-order valence-corrected chi connectivity index (χ0v) is 12.8. The van der Waals surface area contributed by atoms with Gasteiger partial charge in [-0.05, 0) is 35.4 Å². The van der Waals surface area contributed by atoms with E-state index in [1.807, 2.05) is 35.9 Å². The molecule has 0 unspecified atom stereocenters. The van der Waals surface area contributed by atoms with Crippen LogP contribution in [0.3, 0.4) is 0 Å². The number of aryl methyl sites for hydroxylation is 1. The number of nitrogens with one attached hydrogen (secondary N) is 2. The van der Waals surface area contributed by atoms with Crippen molar-refractivity contribution < 1.29 is 4.79 Å². The van der Waals surface area contributed by atoms with E-state index in [9.17, 15) is 4.79 Å². The third-order valence-electron chi connectivity index (χ3n) is 2.90. The molecule has 0 saturated heterocycles. The summed E-state index contributed by atoms with van der Waals surface area (Å²) >= 11 is 3.13. The van der Waals surface area contributed by atoms with Crippen LogP contribution < -0.4 is 5.43 Å². The number of hydrogen-bond donors (Lipinski definition) is 2. The molecule has 0 aliphatic carbocycles. The molecule has 0 spiro atoms. The summed E-state index contributed by atoms with van der Waals surface area (Å²) in [5.74, 6) is -0.280. The molecule has 3 rings (SSSR count). The van der Waals surface area contributed by atoms with Gasteiger partial charge in [0.05, 0.1) is 28.5 Å². The predicted octanol–water partition coefficient (Wildman–Crippen LogP) is 3.27. The molecule has 0 atom stereocenters. The van der Waals surface area contributed by atoms with Gasteiger partial charge in [-0.15, -0.1) is 22.7 Å². The second kappa shape index (κ2) is 6.02. The molecule has 0 radical (unpaired) electrons. The van der Waals surface area contributed by atoms with Gasteiger partial charge in [-0.25, -0.2) is 5.43 Å². The van der Waals surface area contributed by atoms with Gasteiger partial charge in [0, 0.05) is 4.88 Å². The fourth-order valence-corrected chi connectivity index (χ4v) is 3.31. The second-order valence-corrected chi connectivity index (χ2v) is 6.20. The SMILES string of the molecule is Cc1ccsc1C=NNC(=O)c1cn[nH]c1-c1cccs1. The van der Waals surface area contributed by atoms with Crippen LogP contribution in [0, 0.1) is 6.92 Å². The lowest BCUT2D eigenvalue weighted by molar-refractivity contribution is 0.0956. The van der Waals surface area contributed by atoms with E-state index >= 15 is 0 Å². The van der Waals surface area contributed by atoms with E-state index in [1.54, 1.807) is 28.9 Å². The number of carbonyl (C=O) groups is 1. The Hall–Kier alpha value is -2.25. The average Bonchev–Trinajstić information content (AvgIpc) is 3.19. The Morgan fingerprint density at radius 2 is 2.29 bits per heavy atom. The number of nitrogens with zero attached hydrogens (tertiary/aromatic N) is 2. The summed E-state index contributed by atoms with van der Waals surface area (Å²) in [6.07, 6.45) is 3.17. The maximum Gasteiger partial charge on any atom is 0.275 e. The predicted molar refractivity (Wildman–Crippen MR) is 86.0 cm³/mol. The molecule has 2 N–H and O–H groups in total. The van der Waals surface area contributed by atoms with Crippen molar-refractivity contribution in [1.82, 2.24) is 15.6 Å². The van der Waals surface area contributed by atoms with Crippen molar-refractivity contribution in [1.29, 1.82) is 0 Å². The van der Waals surface area contributed by atoms with Crippen LogP contribution >= 0.6 is 22.7 Å². The Kier molecular flexibility index (Phi) is 3.94. The van der Waals surface area contributed by atoms with Crippen molar-refractivity contribution in [3.63, 3.8) is 0 Å². The molecule has 0 aliphatic rings. The van der Waals surface area contributed by atoms with E-state index in [0.29, 0.717) is 11.3 Å². The number of hydrazone groups is 1. The first-order valence-corrected chi connectivity index (χ1v) is 7.96. The van der Waals surface area contributed by atoms with E-state index in [2.05, 4.69) is 20.7 Å². The summed E-state index contributed by atoms with van der Waals surface area (Å²) in [6.45, 7) is 2.00. The highest BCUT2D eigenvalue weighted by Crippen LogP contribution is 2.25. The zero-order chi connectivity index (χ0) is 14.7. The van der Waals surface area contributed by atoms with Crippen molar-refractivity contribution in [2.75, 3.05) is 0 Å². The largest absolute Gasteiger partial charge is 0.276 e. The summed E-state index contributed by atoms with van der Waals surface area (Å²) in [7, 11) is 0. The number of rotatable bonds is 4. The monoisotopic (exact) mass is 316 g/mol. The van der Waals surface area contributed by atoms with E-state index in [1.165, 1.54) is 6.20 Å². The molecular weight excluding hydrogens is 304 g/mol. The van der Waals surface area contributed by atoms with Crippen LogP contribution in [-0.2, 0) is 0 Å². The third-order valence-corrected chi connectivity index (χ3v) is 4.74. The van der Waals surface area contributed by atoms with Gasteiger partial charge in [0.25, 0.3) is 5.91 Å². The Morgan fingerprint density at radius 1 is 1.38 bits per heavy atom. The summed E-state index contributed by atoms with van der Waals surface area (Å²) in [5, 5.41) is 14.7. The normalized spacial score (nSPS) is 11.1. The Labute approximate surface area is 129 Å². The van der Waals surface area contributed by atoms with Gasteiger partial charge in [-0.3, -0.25) is 9.89 Å². The lowest BCUT2D eigenvalue weighted by atomic mass is 10.2. The fraction of sp³-hybridized carbons (Fsp3) is 0.0714. The van der Waals surface area contributed by atoms with Crippen molar-refractivity contribution in [2.24, 2.45) is 5.10 Å². The first-order valence-electron chi connectivity index (χ1n) is 6.20. The highest BCUT2D eigenvalue weighted by Gasteiger charge is 2.15. The van der Waals surface area contributed by atoms with E-state index in [0.717, 1.165) is 15.3 Å². The minimum absolute atomic E-state index is 0.280. The molecule has 7 heteroatoms. The van der Waals surface area contributed by atoms with Crippen LogP contribution in [-0.4, -0.2) is 22.3 Å². The van der Waals surface area contributed by atoms with E-state index < -0.39 is 0 Å². The molecule has 3 aromatic rings. The number of H-pyrrole nitrogens is 1. The lowest BCUT2D eigenvalue weighted by Crippen LogP contribution is -2.17. The standard InChI is InChI=1S/C14H12N4OS2/c1-9-4-6-21-12(9)8-16-18-14(19)10-7-15-17-13(10)11-3-2-5-20-11/h2-8H,1H3,(H,15,17)(H,18,19). The van der Waals surface area contributed by atoms with Crippen molar-refractivity contribution >= 4 is 34.8 Å². The van der Waals surface area contributed by atoms with Crippen molar-refractivity contribution in [3.05, 3.63) is 51.2 Å². The molecule has 106 valence electrons. The van der Waals surface area contributed by atoms with Crippen LogP contribution in [0.1, 0.15) is 20.8 Å². The van der Waals surface area contributed by atoms with Gasteiger partial charge in [0.2, 0.25) is 0 Å². The smallest absolute Gasteiger partial charge is 0.275 e. The Bertz CT molecular complexity index is 771. The van der Waals surface area contributed by atoms with Gasteiger partial charge in [-0.2, -0.15) is 10.2 Å². The third kappa shape index (κ3) is 2.93. The number of hydrogen-bond acceptors (Lipinski definition) is 5. The quantitative estimate of drug-likeness (QED) is 0.573. The molecular formula is C14H12N4OS2. The van der Waals surface area contributed by atoms with E-state index in [-0.39, 0.29) is 5.91 Å². The van der Waals surface area contributed by atoms with Crippen LogP contribution in [0.25, 0.3) is 10.6 Å². The first kappa shape index (κ1) is 13.7. The summed E-state index contributed by atoms with van der Waals surface area (Å²) in [4.78, 5) is 14.2. The molecule has 1 amide bonds. The minimum Gasteiger partial charge on any atom is -0.276 e. The Morgan fingerprint density at radius 3 is 3.00 bits per heavy atom. The van der Waals surface area contributed by atoms with Crippen LogP contribution in [0.15, 0.2) is 40.3 Å². The molecule has 0 aliphatic heterocycles. The van der Waals surface area contributed by atoms with Gasteiger partial charge in [0.15, 0.2) is 0 Å². The van der Waals surface area contributed by atoms with Gasteiger partial charge in [-0.1, -0.05) is 6.07 Å². The minimum atomic E-state index is -0.280. The number of aromatic amines is 1. The number of aromatic nitrogens is 2. The molecule has 0 saturated carbocycles. The van der Waals surface area contributed by atoms with Gasteiger partial charge < -0.3 is 0 Å². The topological polar surface area (TPSA) is 70.1 Å². The van der Waals surface area contributed by atoms with Gasteiger partial charge in [0.1, 0.15) is 0 Å². The van der Waals surface area contributed by atoms with Crippen LogP contribution in [0.5, 0.6) is 0 Å². The summed E-state index contributed by atoms with van der Waals surface area (Å²) in [6, 6.07) is 5.88. The van der Waals surface area contributed by atoms with Crippen molar-refractivity contribution in [3.8, 4) is 10.6 Å². The van der Waals surface area contributed by atoms with Crippen LogP contribution in [0.4, 0.5) is 0 Å². The Balaban J connectivity index is 1.74. The molecule has 21 heavy (non-hydrogen) atoms. The van der Waals surface area contributed by atoms with E-state index in [4.69, 9.17) is 0 Å².